The fourth-order valence-electron chi connectivity index (χ4n) is 5.59. The molecular formula is C27H32N4O3. The van der Waals surface area contributed by atoms with Crippen LogP contribution in [0.15, 0.2) is 33.9 Å². The van der Waals surface area contributed by atoms with Crippen LogP contribution in [0.5, 0.6) is 0 Å². The third-order valence-corrected chi connectivity index (χ3v) is 7.36. The van der Waals surface area contributed by atoms with Gasteiger partial charge in [0.15, 0.2) is 0 Å². The standard InChI is InChI=1S/C27H32N4O3/c1-6-22(32)27(5)11-7-8-20-18(10-9-15(2)23(20)27)14-21-16(3)12-19(13-17(21)4)31-26(34)29-25(33)24(28)30-31/h9-10,12-13H,6-8,11,14H2,1-5H3,(H2,28,30)(H,29,33,34). The van der Waals surface area contributed by atoms with Crippen molar-refractivity contribution in [2.45, 2.75) is 72.1 Å². The summed E-state index contributed by atoms with van der Waals surface area (Å²) >= 11 is 0. The van der Waals surface area contributed by atoms with Crippen LogP contribution in [0.4, 0.5) is 5.82 Å². The topological polar surface area (TPSA) is 111 Å². The molecule has 1 atom stereocenters. The van der Waals surface area contributed by atoms with Crippen molar-refractivity contribution >= 4 is 11.6 Å². The van der Waals surface area contributed by atoms with Crippen LogP contribution in [0.3, 0.4) is 0 Å². The van der Waals surface area contributed by atoms with Crippen molar-refractivity contribution in [1.82, 2.24) is 14.8 Å². The zero-order valence-corrected chi connectivity index (χ0v) is 20.5. The maximum absolute atomic E-state index is 13.0. The molecule has 1 aliphatic rings. The van der Waals surface area contributed by atoms with Gasteiger partial charge in [0, 0.05) is 6.42 Å². The van der Waals surface area contributed by atoms with Crippen molar-refractivity contribution in [2.75, 3.05) is 5.73 Å². The van der Waals surface area contributed by atoms with Gasteiger partial charge in [-0.2, -0.15) is 4.68 Å². The van der Waals surface area contributed by atoms with Crippen LogP contribution in [0.2, 0.25) is 0 Å². The average Bonchev–Trinajstić information content (AvgIpc) is 2.79. The smallest absolute Gasteiger partial charge is 0.349 e. The summed E-state index contributed by atoms with van der Waals surface area (Å²) in [6.07, 6.45) is 4.17. The summed E-state index contributed by atoms with van der Waals surface area (Å²) < 4.78 is 1.12. The average molecular weight is 461 g/mol. The number of benzene rings is 2. The second-order valence-corrected chi connectivity index (χ2v) is 9.65. The highest BCUT2D eigenvalue weighted by Crippen LogP contribution is 2.42. The van der Waals surface area contributed by atoms with Crippen LogP contribution in [0, 0.1) is 20.8 Å². The second kappa shape index (κ2) is 8.70. The van der Waals surface area contributed by atoms with Gasteiger partial charge < -0.3 is 5.73 Å². The van der Waals surface area contributed by atoms with E-state index in [4.69, 9.17) is 5.73 Å². The van der Waals surface area contributed by atoms with Crippen molar-refractivity contribution in [2.24, 2.45) is 0 Å². The number of aromatic amines is 1. The largest absolute Gasteiger partial charge is 0.378 e. The van der Waals surface area contributed by atoms with Crippen LogP contribution >= 0.6 is 0 Å². The molecule has 7 heteroatoms. The molecule has 3 N–H and O–H groups in total. The molecule has 178 valence electrons. The van der Waals surface area contributed by atoms with E-state index in [2.05, 4.69) is 36.1 Å². The summed E-state index contributed by atoms with van der Waals surface area (Å²) in [6, 6.07) is 8.11. The molecular weight excluding hydrogens is 428 g/mol. The minimum atomic E-state index is -0.691. The SMILES string of the molecule is CCC(=O)C1(C)CCCc2c(Cc3c(C)cc(-n4nc(N)c(=O)[nH]c4=O)cc3C)ccc(C)c21. The fourth-order valence-corrected chi connectivity index (χ4v) is 5.59. The van der Waals surface area contributed by atoms with Gasteiger partial charge in [-0.25, -0.2) is 4.79 Å². The normalized spacial score (nSPS) is 17.4. The van der Waals surface area contributed by atoms with Gasteiger partial charge in [-0.3, -0.25) is 14.6 Å². The Bertz CT molecular complexity index is 1390. The molecule has 0 saturated heterocycles. The quantitative estimate of drug-likeness (QED) is 0.604. The maximum atomic E-state index is 13.0. The molecule has 34 heavy (non-hydrogen) atoms. The number of aromatic nitrogens is 3. The molecule has 1 aromatic heterocycles. The van der Waals surface area contributed by atoms with Gasteiger partial charge in [-0.05, 0) is 104 Å². The molecule has 4 rings (SSSR count). The van der Waals surface area contributed by atoms with Crippen molar-refractivity contribution in [1.29, 1.82) is 0 Å². The van der Waals surface area contributed by atoms with Gasteiger partial charge in [-0.15, -0.1) is 5.10 Å². The van der Waals surface area contributed by atoms with Gasteiger partial charge in [0.2, 0.25) is 5.82 Å². The van der Waals surface area contributed by atoms with Crippen LogP contribution in [0.25, 0.3) is 5.69 Å². The van der Waals surface area contributed by atoms with Gasteiger partial charge in [0.1, 0.15) is 5.78 Å². The number of hydrogen-bond donors (Lipinski definition) is 2. The molecule has 1 heterocycles. The first-order valence-corrected chi connectivity index (χ1v) is 11.8. The lowest BCUT2D eigenvalue weighted by molar-refractivity contribution is -0.124. The number of Topliss-reactive ketones (excluding diaryl/α,β-unsaturated/α-hetero) is 1. The molecule has 1 unspecified atom stereocenters. The lowest BCUT2D eigenvalue weighted by Crippen LogP contribution is -2.37. The molecule has 1 aliphatic carbocycles. The third kappa shape index (κ3) is 3.89. The Hall–Kier alpha value is -3.48. The molecule has 0 fully saturated rings. The number of nitrogen functional groups attached to an aromatic ring is 1. The number of carbonyl (C=O) groups excluding carboxylic acids is 1. The van der Waals surface area contributed by atoms with E-state index < -0.39 is 16.7 Å². The lowest BCUT2D eigenvalue weighted by atomic mass is 9.65. The van der Waals surface area contributed by atoms with E-state index >= 15 is 0 Å². The molecule has 0 aliphatic heterocycles. The first-order chi connectivity index (χ1) is 16.1. The van der Waals surface area contributed by atoms with Crippen LogP contribution in [0.1, 0.15) is 72.1 Å². The van der Waals surface area contributed by atoms with Crippen LogP contribution < -0.4 is 17.0 Å². The summed E-state index contributed by atoms with van der Waals surface area (Å²) in [5.41, 5.74) is 12.6. The van der Waals surface area contributed by atoms with Gasteiger partial charge >= 0.3 is 5.69 Å². The van der Waals surface area contributed by atoms with E-state index in [1.807, 2.05) is 32.9 Å². The number of nitrogens with two attached hydrogens (primary N) is 1. The van der Waals surface area contributed by atoms with Crippen LogP contribution in [-0.2, 0) is 23.1 Å². The summed E-state index contributed by atoms with van der Waals surface area (Å²) in [7, 11) is 0. The van der Waals surface area contributed by atoms with Gasteiger partial charge in [-0.1, -0.05) is 19.1 Å². The molecule has 2 aromatic carbocycles. The Balaban J connectivity index is 1.79. The molecule has 0 spiro atoms. The first-order valence-electron chi connectivity index (χ1n) is 11.8. The highest BCUT2D eigenvalue weighted by atomic mass is 16.2. The highest BCUT2D eigenvalue weighted by molar-refractivity contribution is 5.90. The Morgan fingerprint density at radius 2 is 1.82 bits per heavy atom. The number of nitrogens with zero attached hydrogens (tertiary/aromatic N) is 2. The van der Waals surface area contributed by atoms with Crippen LogP contribution in [-0.4, -0.2) is 20.5 Å². The van der Waals surface area contributed by atoms with Crippen molar-refractivity contribution < 1.29 is 4.79 Å². The predicted octanol–water partition coefficient (Wildman–Crippen LogP) is 3.59. The van der Waals surface area contributed by atoms with E-state index in [1.54, 1.807) is 0 Å². The van der Waals surface area contributed by atoms with Crippen molar-refractivity contribution in [3.05, 3.63) is 84.0 Å². The summed E-state index contributed by atoms with van der Waals surface area (Å²) in [5, 5.41) is 3.95. The monoisotopic (exact) mass is 460 g/mol. The predicted molar refractivity (Wildman–Crippen MR) is 134 cm³/mol. The Labute approximate surface area is 199 Å². The van der Waals surface area contributed by atoms with Gasteiger partial charge in [0.05, 0.1) is 11.1 Å². The second-order valence-electron chi connectivity index (χ2n) is 9.65. The van der Waals surface area contributed by atoms with Crippen molar-refractivity contribution in [3.8, 4) is 5.69 Å². The number of H-pyrrole nitrogens is 1. The molecule has 0 radical (unpaired) electrons. The molecule has 0 saturated carbocycles. The number of fused-ring (bicyclic) bond motifs is 1. The Kier molecular flexibility index (Phi) is 6.06. The van der Waals surface area contributed by atoms with E-state index in [1.165, 1.54) is 27.8 Å². The van der Waals surface area contributed by atoms with E-state index in [9.17, 15) is 14.4 Å². The van der Waals surface area contributed by atoms with E-state index in [-0.39, 0.29) is 5.82 Å². The number of rotatable bonds is 5. The van der Waals surface area contributed by atoms with E-state index in [0.29, 0.717) is 17.9 Å². The van der Waals surface area contributed by atoms with Crippen molar-refractivity contribution in [3.63, 3.8) is 0 Å². The zero-order chi connectivity index (χ0) is 24.8. The minimum absolute atomic E-state index is 0.255. The number of nitrogens with one attached hydrogen (secondary N) is 1. The minimum Gasteiger partial charge on any atom is -0.378 e. The number of carbonyl (C=O) groups is 1. The number of anilines is 1. The number of aryl methyl sites for hydroxylation is 3. The number of hydrogen-bond acceptors (Lipinski definition) is 5. The number of ketones is 1. The molecule has 3 aromatic rings. The zero-order valence-electron chi connectivity index (χ0n) is 20.5. The third-order valence-electron chi connectivity index (χ3n) is 7.36. The molecule has 0 bridgehead atoms. The Morgan fingerprint density at radius 1 is 1.15 bits per heavy atom. The summed E-state index contributed by atoms with van der Waals surface area (Å²) in [6.45, 7) is 10.2. The van der Waals surface area contributed by atoms with E-state index in [0.717, 1.165) is 41.5 Å². The molecule has 0 amide bonds. The molecule has 7 nitrogen and oxygen atoms in total. The summed E-state index contributed by atoms with van der Waals surface area (Å²) in [5.74, 6) is 0.0541. The first kappa shape index (κ1) is 23.7. The highest BCUT2D eigenvalue weighted by Gasteiger charge is 2.39. The maximum Gasteiger partial charge on any atom is 0.349 e. The fraction of sp³-hybridized carbons (Fsp3) is 0.407. The van der Waals surface area contributed by atoms with Gasteiger partial charge in [0.25, 0.3) is 5.56 Å². The summed E-state index contributed by atoms with van der Waals surface area (Å²) in [4.78, 5) is 39.0. The Morgan fingerprint density at radius 3 is 2.47 bits per heavy atom. The lowest BCUT2D eigenvalue weighted by Gasteiger charge is -2.37.